The lowest BCUT2D eigenvalue weighted by molar-refractivity contribution is -0.363. The summed E-state index contributed by atoms with van der Waals surface area (Å²) in [5, 5.41) is 3.44. The van der Waals surface area contributed by atoms with Crippen LogP contribution in [0.1, 0.15) is 65.0 Å². The second-order valence-electron chi connectivity index (χ2n) is 10.7. The Kier molecular flexibility index (Phi) is 7.11. The number of nitrogens with one attached hydrogen (secondary N) is 2. The van der Waals surface area contributed by atoms with E-state index in [9.17, 15) is 14.4 Å². The molecule has 0 radical (unpaired) electrons. The van der Waals surface area contributed by atoms with E-state index < -0.39 is 0 Å². The van der Waals surface area contributed by atoms with Crippen LogP contribution in [-0.2, 0) is 9.53 Å². The highest BCUT2D eigenvalue weighted by molar-refractivity contribution is 6.32. The molecule has 2 aromatic carbocycles. The van der Waals surface area contributed by atoms with Gasteiger partial charge in [0, 0.05) is 35.9 Å². The SMILES string of the molecule is CCOC(=O)[C@@H]1CCCN(CCCNc2cc3c(c4c2C(=O)c2ccccc2C4=O)[NH+]=C2C(C)=CC=CC2O3)C1. The number of carbonyl (C=O) groups is 3. The summed E-state index contributed by atoms with van der Waals surface area (Å²) in [5.74, 6) is 0.00181. The maximum absolute atomic E-state index is 13.8. The van der Waals surface area contributed by atoms with E-state index in [-0.39, 0.29) is 29.6 Å². The van der Waals surface area contributed by atoms with Gasteiger partial charge in [-0.05, 0) is 52.3 Å². The van der Waals surface area contributed by atoms with E-state index in [0.29, 0.717) is 59.1 Å². The first kappa shape index (κ1) is 26.2. The van der Waals surface area contributed by atoms with E-state index in [0.717, 1.165) is 43.6 Å². The maximum atomic E-state index is 13.8. The molecule has 0 amide bonds. The van der Waals surface area contributed by atoms with E-state index in [2.05, 4.69) is 15.2 Å². The van der Waals surface area contributed by atoms with Gasteiger partial charge in [-0.2, -0.15) is 0 Å². The number of rotatable bonds is 7. The van der Waals surface area contributed by atoms with Crippen molar-refractivity contribution in [1.29, 1.82) is 0 Å². The fraction of sp³-hybridized carbons (Fsp3) is 0.375. The van der Waals surface area contributed by atoms with Gasteiger partial charge in [-0.25, -0.2) is 4.99 Å². The van der Waals surface area contributed by atoms with Crippen LogP contribution in [0, 0.1) is 5.92 Å². The Morgan fingerprint density at radius 2 is 1.95 bits per heavy atom. The molecule has 0 spiro atoms. The third-order valence-corrected chi connectivity index (χ3v) is 8.11. The van der Waals surface area contributed by atoms with Crippen molar-refractivity contribution in [3.8, 4) is 5.75 Å². The fourth-order valence-corrected chi connectivity index (χ4v) is 6.11. The molecule has 4 aliphatic rings. The number of ether oxygens (including phenoxy) is 2. The van der Waals surface area contributed by atoms with Gasteiger partial charge >= 0.3 is 5.97 Å². The second kappa shape index (κ2) is 10.8. The van der Waals surface area contributed by atoms with Gasteiger partial charge < -0.3 is 19.7 Å². The van der Waals surface area contributed by atoms with Gasteiger partial charge in [0.15, 0.2) is 11.5 Å². The quantitative estimate of drug-likeness (QED) is 0.351. The normalized spacial score (nSPS) is 21.2. The lowest BCUT2D eigenvalue weighted by Crippen LogP contribution is -2.73. The van der Waals surface area contributed by atoms with Gasteiger partial charge in [0.05, 0.1) is 23.8 Å². The van der Waals surface area contributed by atoms with E-state index >= 15 is 0 Å². The Morgan fingerprint density at radius 3 is 2.73 bits per heavy atom. The van der Waals surface area contributed by atoms with E-state index in [1.165, 1.54) is 0 Å². The highest BCUT2D eigenvalue weighted by Gasteiger charge is 2.41. The second-order valence-corrected chi connectivity index (χ2v) is 10.7. The maximum Gasteiger partial charge on any atom is 0.310 e. The number of carbonyl (C=O) groups excluding carboxylic acids is 3. The molecule has 6 rings (SSSR count). The number of hydrogen-bond donors (Lipinski definition) is 2. The molecule has 0 bridgehead atoms. The van der Waals surface area contributed by atoms with Crippen LogP contribution >= 0.6 is 0 Å². The van der Waals surface area contributed by atoms with Crippen molar-refractivity contribution in [3.63, 3.8) is 0 Å². The van der Waals surface area contributed by atoms with Crippen LogP contribution in [0.5, 0.6) is 5.75 Å². The highest BCUT2D eigenvalue weighted by Crippen LogP contribution is 2.41. The predicted octanol–water partition coefficient (Wildman–Crippen LogP) is 2.97. The molecule has 1 saturated heterocycles. The number of esters is 1. The zero-order valence-electron chi connectivity index (χ0n) is 22.9. The Hall–Kier alpha value is -4.04. The van der Waals surface area contributed by atoms with Crippen LogP contribution < -0.4 is 15.0 Å². The van der Waals surface area contributed by atoms with E-state index in [4.69, 9.17) is 9.47 Å². The molecular weight excluding hydrogens is 506 g/mol. The third kappa shape index (κ3) is 4.66. The minimum absolute atomic E-state index is 0.0725. The first-order chi connectivity index (χ1) is 19.5. The largest absolute Gasteiger partial charge is 0.468 e. The number of hydrogen-bond acceptors (Lipinski definition) is 7. The third-order valence-electron chi connectivity index (χ3n) is 8.11. The molecule has 206 valence electrons. The summed E-state index contributed by atoms with van der Waals surface area (Å²) in [7, 11) is 0. The molecule has 2 atom stereocenters. The van der Waals surface area contributed by atoms with Gasteiger partial charge in [0.1, 0.15) is 5.56 Å². The van der Waals surface area contributed by atoms with Gasteiger partial charge in [-0.3, -0.25) is 14.4 Å². The van der Waals surface area contributed by atoms with Crippen LogP contribution in [0.25, 0.3) is 0 Å². The molecule has 0 saturated carbocycles. The Balaban J connectivity index is 1.27. The molecule has 40 heavy (non-hydrogen) atoms. The van der Waals surface area contributed by atoms with Gasteiger partial charge in [-0.1, -0.05) is 36.4 Å². The zero-order chi connectivity index (χ0) is 27.8. The number of benzene rings is 2. The fourth-order valence-electron chi connectivity index (χ4n) is 6.11. The summed E-state index contributed by atoms with van der Waals surface area (Å²) >= 11 is 0. The molecule has 0 aromatic heterocycles. The topological polar surface area (TPSA) is 98.9 Å². The number of ketones is 2. The molecule has 1 unspecified atom stereocenters. The molecule has 2 aliphatic heterocycles. The van der Waals surface area contributed by atoms with Crippen LogP contribution in [0.4, 0.5) is 11.4 Å². The molecule has 2 aromatic rings. The minimum Gasteiger partial charge on any atom is -0.468 e. The van der Waals surface area contributed by atoms with Gasteiger partial charge in [0.2, 0.25) is 17.6 Å². The average molecular weight is 541 g/mol. The van der Waals surface area contributed by atoms with Crippen molar-refractivity contribution in [1.82, 2.24) is 4.90 Å². The van der Waals surface area contributed by atoms with Crippen molar-refractivity contribution >= 4 is 34.6 Å². The zero-order valence-corrected chi connectivity index (χ0v) is 22.9. The molecule has 2 heterocycles. The van der Waals surface area contributed by atoms with Gasteiger partial charge in [-0.15, -0.1) is 0 Å². The van der Waals surface area contributed by atoms with Crippen LogP contribution in [-0.4, -0.2) is 67.0 Å². The number of fused-ring (bicyclic) bond motifs is 5. The summed E-state index contributed by atoms with van der Waals surface area (Å²) in [5.41, 5.74) is 4.59. The molecule has 8 heteroatoms. The number of allylic oxidation sites excluding steroid dienone is 2. The first-order valence-electron chi connectivity index (χ1n) is 14.1. The summed E-state index contributed by atoms with van der Waals surface area (Å²) in [6.07, 6.45) is 8.30. The van der Waals surface area contributed by atoms with Crippen molar-refractivity contribution in [2.75, 3.05) is 38.1 Å². The molecule has 8 nitrogen and oxygen atoms in total. The number of anilines is 1. The standard InChI is InChI=1S/C32H33N3O5/c1-3-39-32(38)20-10-7-15-35(18-20)16-8-14-33-23-17-25-29(34-28-19(2)9-6-13-24(28)40-25)27-26(23)30(36)21-11-4-5-12-22(21)31(27)37/h4-6,9,11-13,17,20,24,33H,3,7-8,10,14-16,18H2,1-2H3/p+1/t20-,24?/m1/s1. The van der Waals surface area contributed by atoms with E-state index in [1.807, 2.05) is 38.1 Å². The Bertz CT molecular complexity index is 1490. The van der Waals surface area contributed by atoms with Crippen molar-refractivity contribution < 1.29 is 28.8 Å². The number of piperidine rings is 1. The predicted molar refractivity (Wildman–Crippen MR) is 152 cm³/mol. The van der Waals surface area contributed by atoms with Crippen LogP contribution in [0.15, 0.2) is 54.1 Å². The lowest BCUT2D eigenvalue weighted by Gasteiger charge is -2.31. The summed E-state index contributed by atoms with van der Waals surface area (Å²) in [6.45, 7) is 7.32. The lowest BCUT2D eigenvalue weighted by atomic mass is 9.81. The highest BCUT2D eigenvalue weighted by atomic mass is 16.5. The monoisotopic (exact) mass is 540 g/mol. The van der Waals surface area contributed by atoms with Crippen molar-refractivity contribution in [3.05, 3.63) is 76.4 Å². The van der Waals surface area contributed by atoms with Crippen LogP contribution in [0.3, 0.4) is 0 Å². The van der Waals surface area contributed by atoms with Gasteiger partial charge in [0.25, 0.3) is 5.69 Å². The Morgan fingerprint density at radius 1 is 1.18 bits per heavy atom. The van der Waals surface area contributed by atoms with Crippen molar-refractivity contribution in [2.24, 2.45) is 5.92 Å². The molecule has 2 N–H and O–H groups in total. The minimum atomic E-state index is -0.281. The molecule has 1 fully saturated rings. The molecule has 2 aliphatic carbocycles. The molecular formula is C32H34N3O5+. The van der Waals surface area contributed by atoms with Crippen molar-refractivity contribution in [2.45, 2.75) is 39.2 Å². The smallest absolute Gasteiger partial charge is 0.310 e. The summed E-state index contributed by atoms with van der Waals surface area (Å²) in [6, 6.07) is 8.83. The summed E-state index contributed by atoms with van der Waals surface area (Å²) in [4.78, 5) is 45.6. The summed E-state index contributed by atoms with van der Waals surface area (Å²) < 4.78 is 11.6. The number of likely N-dealkylation sites (tertiary alicyclic amines) is 1. The Labute approximate surface area is 233 Å². The van der Waals surface area contributed by atoms with E-state index in [1.54, 1.807) is 24.3 Å². The first-order valence-corrected chi connectivity index (χ1v) is 14.1. The van der Waals surface area contributed by atoms with Crippen LogP contribution in [0.2, 0.25) is 0 Å². The number of nitrogens with zero attached hydrogens (tertiary/aromatic N) is 1. The average Bonchev–Trinajstić information content (AvgIpc) is 2.97.